The Labute approximate surface area is 128 Å². The molecular formula is C15H15Cl2N3. The molecule has 3 rings (SSSR count). The van der Waals surface area contributed by atoms with E-state index < -0.39 is 0 Å². The van der Waals surface area contributed by atoms with Crippen molar-refractivity contribution < 1.29 is 0 Å². The Morgan fingerprint density at radius 2 is 1.90 bits per heavy atom. The van der Waals surface area contributed by atoms with Gasteiger partial charge in [0.15, 0.2) is 5.82 Å². The van der Waals surface area contributed by atoms with Crippen molar-refractivity contribution in [2.45, 2.75) is 32.9 Å². The molecule has 2 aromatic rings. The molecule has 0 atom stereocenters. The number of aromatic nitrogens is 2. The van der Waals surface area contributed by atoms with Crippen molar-refractivity contribution in [1.82, 2.24) is 15.3 Å². The van der Waals surface area contributed by atoms with E-state index in [1.54, 1.807) is 6.07 Å². The van der Waals surface area contributed by atoms with Crippen molar-refractivity contribution in [1.29, 1.82) is 0 Å². The van der Waals surface area contributed by atoms with Crippen molar-refractivity contribution in [2.75, 3.05) is 0 Å². The van der Waals surface area contributed by atoms with Gasteiger partial charge in [-0.3, -0.25) is 0 Å². The van der Waals surface area contributed by atoms with Crippen LogP contribution in [0.1, 0.15) is 36.7 Å². The van der Waals surface area contributed by atoms with Crippen molar-refractivity contribution >= 4 is 23.2 Å². The van der Waals surface area contributed by atoms with Gasteiger partial charge in [-0.05, 0) is 24.1 Å². The van der Waals surface area contributed by atoms with Gasteiger partial charge in [-0.25, -0.2) is 9.97 Å². The molecule has 0 amide bonds. The van der Waals surface area contributed by atoms with Gasteiger partial charge in [-0.15, -0.1) is 0 Å². The standard InChI is InChI=1S/C15H15Cl2N3/c1-8(2)14-10-6-18-7-13(10)19-15(20-14)9-3-4-11(16)12(17)5-9/h3-5,8,18H,6-7H2,1-2H3. The maximum absolute atomic E-state index is 6.08. The zero-order chi connectivity index (χ0) is 14.3. The van der Waals surface area contributed by atoms with E-state index in [1.807, 2.05) is 12.1 Å². The SMILES string of the molecule is CC(C)c1nc(-c2ccc(Cl)c(Cl)c2)nc2c1CNC2. The molecule has 1 aromatic heterocycles. The highest BCUT2D eigenvalue weighted by Gasteiger charge is 2.21. The number of hydrogen-bond acceptors (Lipinski definition) is 3. The first-order valence-corrected chi connectivity index (χ1v) is 7.37. The lowest BCUT2D eigenvalue weighted by Crippen LogP contribution is -2.05. The molecule has 104 valence electrons. The quantitative estimate of drug-likeness (QED) is 0.904. The topological polar surface area (TPSA) is 37.8 Å². The van der Waals surface area contributed by atoms with Crippen LogP contribution in [0.4, 0.5) is 0 Å². The van der Waals surface area contributed by atoms with Gasteiger partial charge in [0.2, 0.25) is 0 Å². The third-order valence-corrected chi connectivity index (χ3v) is 4.18. The van der Waals surface area contributed by atoms with Gasteiger partial charge in [0.1, 0.15) is 0 Å². The maximum Gasteiger partial charge on any atom is 0.159 e. The van der Waals surface area contributed by atoms with Crippen LogP contribution < -0.4 is 5.32 Å². The largest absolute Gasteiger partial charge is 0.307 e. The minimum atomic E-state index is 0.369. The van der Waals surface area contributed by atoms with Gasteiger partial charge in [-0.1, -0.05) is 37.0 Å². The summed E-state index contributed by atoms with van der Waals surface area (Å²) in [5.74, 6) is 1.09. The molecule has 0 spiro atoms. The van der Waals surface area contributed by atoms with E-state index in [1.165, 1.54) is 5.56 Å². The van der Waals surface area contributed by atoms with Gasteiger partial charge in [-0.2, -0.15) is 0 Å². The van der Waals surface area contributed by atoms with E-state index in [2.05, 4.69) is 24.1 Å². The average Bonchev–Trinajstić information content (AvgIpc) is 2.88. The Bertz CT molecular complexity index is 668. The highest BCUT2D eigenvalue weighted by Crippen LogP contribution is 2.30. The average molecular weight is 308 g/mol. The summed E-state index contributed by atoms with van der Waals surface area (Å²) in [6, 6.07) is 5.50. The summed E-state index contributed by atoms with van der Waals surface area (Å²) in [5, 5.41) is 4.40. The normalized spacial score (nSPS) is 13.8. The minimum absolute atomic E-state index is 0.369. The Kier molecular flexibility index (Phi) is 3.67. The summed E-state index contributed by atoms with van der Waals surface area (Å²) in [6.45, 7) is 5.95. The van der Waals surface area contributed by atoms with E-state index in [0.29, 0.717) is 16.0 Å². The number of rotatable bonds is 2. The predicted molar refractivity (Wildman–Crippen MR) is 82.1 cm³/mol. The van der Waals surface area contributed by atoms with Crippen LogP contribution in [0.5, 0.6) is 0 Å². The fraction of sp³-hybridized carbons (Fsp3) is 0.333. The molecule has 1 aliphatic heterocycles. The van der Waals surface area contributed by atoms with E-state index >= 15 is 0 Å². The number of hydrogen-bond donors (Lipinski definition) is 1. The lowest BCUT2D eigenvalue weighted by Gasteiger charge is -2.12. The Morgan fingerprint density at radius 3 is 2.60 bits per heavy atom. The summed E-state index contributed by atoms with van der Waals surface area (Å²) >= 11 is 12.0. The molecule has 3 nitrogen and oxygen atoms in total. The number of benzene rings is 1. The third kappa shape index (κ3) is 2.41. The summed E-state index contributed by atoms with van der Waals surface area (Å²) in [6.07, 6.45) is 0. The minimum Gasteiger partial charge on any atom is -0.307 e. The molecule has 0 radical (unpaired) electrons. The van der Waals surface area contributed by atoms with Crippen molar-refractivity contribution in [3.8, 4) is 11.4 Å². The van der Waals surface area contributed by atoms with Crippen LogP contribution >= 0.6 is 23.2 Å². The maximum atomic E-state index is 6.08. The molecule has 20 heavy (non-hydrogen) atoms. The molecule has 1 aliphatic rings. The highest BCUT2D eigenvalue weighted by molar-refractivity contribution is 6.42. The van der Waals surface area contributed by atoms with Gasteiger partial charge in [0.25, 0.3) is 0 Å². The zero-order valence-corrected chi connectivity index (χ0v) is 12.9. The summed E-state index contributed by atoms with van der Waals surface area (Å²) in [7, 11) is 0. The highest BCUT2D eigenvalue weighted by atomic mass is 35.5. The number of halogens is 2. The van der Waals surface area contributed by atoms with Crippen LogP contribution in [0, 0.1) is 0 Å². The van der Waals surface area contributed by atoms with Crippen molar-refractivity contribution in [3.05, 3.63) is 45.2 Å². The second-order valence-corrected chi connectivity index (χ2v) is 6.06. The Hall–Kier alpha value is -1.16. The molecule has 0 fully saturated rings. The van der Waals surface area contributed by atoms with Crippen LogP contribution in [-0.2, 0) is 13.1 Å². The molecular weight excluding hydrogens is 293 g/mol. The first-order chi connectivity index (χ1) is 9.56. The van der Waals surface area contributed by atoms with Gasteiger partial charge in [0.05, 0.1) is 21.4 Å². The van der Waals surface area contributed by atoms with Crippen LogP contribution in [0.15, 0.2) is 18.2 Å². The number of fused-ring (bicyclic) bond motifs is 1. The van der Waals surface area contributed by atoms with Crippen LogP contribution in [0.3, 0.4) is 0 Å². The number of nitrogens with zero attached hydrogens (tertiary/aromatic N) is 2. The van der Waals surface area contributed by atoms with Crippen LogP contribution in [0.2, 0.25) is 10.0 Å². The lowest BCUT2D eigenvalue weighted by molar-refractivity contribution is 0.746. The zero-order valence-electron chi connectivity index (χ0n) is 11.4. The Morgan fingerprint density at radius 1 is 1.10 bits per heavy atom. The van der Waals surface area contributed by atoms with E-state index in [4.69, 9.17) is 28.2 Å². The third-order valence-electron chi connectivity index (χ3n) is 3.44. The van der Waals surface area contributed by atoms with Crippen molar-refractivity contribution in [3.63, 3.8) is 0 Å². The number of nitrogens with one attached hydrogen (secondary N) is 1. The molecule has 5 heteroatoms. The monoisotopic (exact) mass is 307 g/mol. The second-order valence-electron chi connectivity index (χ2n) is 5.24. The van der Waals surface area contributed by atoms with Crippen LogP contribution in [0.25, 0.3) is 11.4 Å². The summed E-state index contributed by atoms with van der Waals surface area (Å²) in [5.41, 5.74) is 4.34. The Balaban J connectivity index is 2.14. The molecule has 2 heterocycles. The smallest absolute Gasteiger partial charge is 0.159 e. The molecule has 1 aromatic carbocycles. The molecule has 1 N–H and O–H groups in total. The molecule has 0 unspecified atom stereocenters. The summed E-state index contributed by atoms with van der Waals surface area (Å²) in [4.78, 5) is 9.39. The molecule has 0 saturated carbocycles. The van der Waals surface area contributed by atoms with E-state index in [9.17, 15) is 0 Å². The van der Waals surface area contributed by atoms with E-state index in [-0.39, 0.29) is 0 Å². The molecule has 0 aliphatic carbocycles. The van der Waals surface area contributed by atoms with Gasteiger partial charge < -0.3 is 5.32 Å². The van der Waals surface area contributed by atoms with Crippen LogP contribution in [-0.4, -0.2) is 9.97 Å². The predicted octanol–water partition coefficient (Wildman–Crippen LogP) is 4.18. The fourth-order valence-corrected chi connectivity index (χ4v) is 2.73. The molecule has 0 bridgehead atoms. The first kappa shape index (κ1) is 13.8. The fourth-order valence-electron chi connectivity index (χ4n) is 2.44. The summed E-state index contributed by atoms with van der Waals surface area (Å²) < 4.78 is 0. The van der Waals surface area contributed by atoms with E-state index in [0.717, 1.165) is 35.9 Å². The van der Waals surface area contributed by atoms with Crippen molar-refractivity contribution in [2.24, 2.45) is 0 Å². The first-order valence-electron chi connectivity index (χ1n) is 6.62. The molecule has 0 saturated heterocycles. The van der Waals surface area contributed by atoms with Gasteiger partial charge in [0, 0.05) is 24.2 Å². The van der Waals surface area contributed by atoms with Gasteiger partial charge >= 0.3 is 0 Å². The lowest BCUT2D eigenvalue weighted by atomic mass is 10.0. The second kappa shape index (κ2) is 5.32.